The number of nitrogens with one attached hydrogen (secondary N) is 1. The Morgan fingerprint density at radius 2 is 2.15 bits per heavy atom. The molecule has 1 heterocycles. The molecule has 0 saturated carbocycles. The summed E-state index contributed by atoms with van der Waals surface area (Å²) in [7, 11) is 0. The Labute approximate surface area is 133 Å². The molecule has 0 aliphatic carbocycles. The fourth-order valence-corrected chi connectivity index (χ4v) is 3.79. The second-order valence-corrected chi connectivity index (χ2v) is 7.88. The molecular formula is C14H18ClN3S2. The molecule has 0 fully saturated rings. The third-order valence-electron chi connectivity index (χ3n) is 2.61. The molecule has 0 spiro atoms. The third kappa shape index (κ3) is 4.74. The van der Waals surface area contributed by atoms with Gasteiger partial charge in [-0.15, -0.1) is 10.2 Å². The van der Waals surface area contributed by atoms with Crippen LogP contribution in [0, 0.1) is 12.8 Å². The average Bonchev–Trinajstić information content (AvgIpc) is 2.77. The van der Waals surface area contributed by atoms with E-state index in [-0.39, 0.29) is 0 Å². The van der Waals surface area contributed by atoms with Crippen molar-refractivity contribution in [1.82, 2.24) is 15.5 Å². The maximum Gasteiger partial charge on any atom is 0.179 e. The highest BCUT2D eigenvalue weighted by molar-refractivity contribution is 8.01. The van der Waals surface area contributed by atoms with Crippen LogP contribution in [0.4, 0.5) is 0 Å². The summed E-state index contributed by atoms with van der Waals surface area (Å²) in [6.45, 7) is 8.14. The first kappa shape index (κ1) is 15.8. The molecule has 0 radical (unpaired) electrons. The molecule has 2 aromatic rings. The van der Waals surface area contributed by atoms with Gasteiger partial charge in [0.2, 0.25) is 0 Å². The minimum absolute atomic E-state index is 0.643. The number of aryl methyl sites for hydroxylation is 1. The number of nitrogens with zero attached hydrogens (tertiary/aromatic N) is 2. The molecule has 0 amide bonds. The van der Waals surface area contributed by atoms with E-state index >= 15 is 0 Å². The van der Waals surface area contributed by atoms with Crippen molar-refractivity contribution in [3.63, 3.8) is 0 Å². The van der Waals surface area contributed by atoms with Gasteiger partial charge in [0.05, 0.1) is 0 Å². The Balaban J connectivity index is 1.98. The maximum atomic E-state index is 6.33. The van der Waals surface area contributed by atoms with Gasteiger partial charge in [-0.3, -0.25) is 0 Å². The molecule has 1 aromatic carbocycles. The van der Waals surface area contributed by atoms with E-state index < -0.39 is 0 Å². The number of aromatic nitrogens is 2. The standard InChI is InChI=1S/C14H18ClN3S2/c1-9(2)7-16-8-11-4-5-12(6-13(11)15)20-14-18-17-10(3)19-14/h4-6,9,16H,7-8H2,1-3H3. The Morgan fingerprint density at radius 1 is 1.35 bits per heavy atom. The van der Waals surface area contributed by atoms with Crippen molar-refractivity contribution in [2.45, 2.75) is 36.6 Å². The normalized spacial score (nSPS) is 11.2. The van der Waals surface area contributed by atoms with E-state index in [4.69, 9.17) is 11.6 Å². The van der Waals surface area contributed by atoms with E-state index in [0.717, 1.165) is 37.9 Å². The number of rotatable bonds is 6. The van der Waals surface area contributed by atoms with Gasteiger partial charge in [-0.05, 0) is 37.1 Å². The zero-order chi connectivity index (χ0) is 14.5. The Bertz CT molecular complexity index is 569. The molecule has 0 atom stereocenters. The molecule has 0 saturated heterocycles. The quantitative estimate of drug-likeness (QED) is 0.853. The van der Waals surface area contributed by atoms with Gasteiger partial charge in [-0.25, -0.2) is 0 Å². The van der Waals surface area contributed by atoms with Gasteiger partial charge < -0.3 is 5.32 Å². The van der Waals surface area contributed by atoms with Crippen LogP contribution in [-0.2, 0) is 6.54 Å². The fourth-order valence-electron chi connectivity index (χ4n) is 1.65. The first-order valence-corrected chi connectivity index (χ1v) is 8.53. The topological polar surface area (TPSA) is 37.8 Å². The highest BCUT2D eigenvalue weighted by atomic mass is 35.5. The van der Waals surface area contributed by atoms with Gasteiger partial charge in [0.25, 0.3) is 0 Å². The summed E-state index contributed by atoms with van der Waals surface area (Å²) in [6, 6.07) is 6.15. The zero-order valence-electron chi connectivity index (χ0n) is 11.8. The van der Waals surface area contributed by atoms with Crippen molar-refractivity contribution in [1.29, 1.82) is 0 Å². The predicted octanol–water partition coefficient (Wildman–Crippen LogP) is 4.40. The van der Waals surface area contributed by atoms with E-state index in [2.05, 4.69) is 41.5 Å². The lowest BCUT2D eigenvalue weighted by atomic mass is 10.2. The van der Waals surface area contributed by atoms with Gasteiger partial charge in [-0.1, -0.05) is 54.6 Å². The highest BCUT2D eigenvalue weighted by Crippen LogP contribution is 2.32. The SMILES string of the molecule is Cc1nnc(Sc2ccc(CNCC(C)C)c(Cl)c2)s1. The van der Waals surface area contributed by atoms with Crippen LogP contribution in [0.25, 0.3) is 0 Å². The number of hydrogen-bond acceptors (Lipinski definition) is 5. The van der Waals surface area contributed by atoms with E-state index in [9.17, 15) is 0 Å². The summed E-state index contributed by atoms with van der Waals surface area (Å²) in [5.74, 6) is 0.643. The van der Waals surface area contributed by atoms with E-state index in [0.29, 0.717) is 5.92 Å². The van der Waals surface area contributed by atoms with Gasteiger partial charge >= 0.3 is 0 Å². The van der Waals surface area contributed by atoms with Crippen LogP contribution in [0.5, 0.6) is 0 Å². The summed E-state index contributed by atoms with van der Waals surface area (Å²) in [5.41, 5.74) is 1.13. The number of benzene rings is 1. The Morgan fingerprint density at radius 3 is 2.75 bits per heavy atom. The molecule has 0 unspecified atom stereocenters. The maximum absolute atomic E-state index is 6.33. The van der Waals surface area contributed by atoms with Crippen LogP contribution in [0.15, 0.2) is 27.4 Å². The highest BCUT2D eigenvalue weighted by Gasteiger charge is 2.06. The van der Waals surface area contributed by atoms with Gasteiger partial charge in [0.1, 0.15) is 5.01 Å². The molecular weight excluding hydrogens is 310 g/mol. The summed E-state index contributed by atoms with van der Waals surface area (Å²) in [5, 5.41) is 13.3. The van der Waals surface area contributed by atoms with Gasteiger partial charge in [0.15, 0.2) is 4.34 Å². The average molecular weight is 328 g/mol. The van der Waals surface area contributed by atoms with E-state index in [1.807, 2.05) is 13.0 Å². The molecule has 6 heteroatoms. The fraction of sp³-hybridized carbons (Fsp3) is 0.429. The van der Waals surface area contributed by atoms with Crippen molar-refractivity contribution >= 4 is 34.7 Å². The lowest BCUT2D eigenvalue weighted by Gasteiger charge is -2.09. The van der Waals surface area contributed by atoms with Crippen molar-refractivity contribution < 1.29 is 0 Å². The lowest BCUT2D eigenvalue weighted by Crippen LogP contribution is -2.19. The zero-order valence-corrected chi connectivity index (χ0v) is 14.2. The van der Waals surface area contributed by atoms with Crippen LogP contribution in [0.3, 0.4) is 0 Å². The Kier molecular flexibility index (Phi) is 5.84. The second-order valence-electron chi connectivity index (χ2n) is 4.97. The third-order valence-corrected chi connectivity index (χ3v) is 4.84. The molecule has 108 valence electrons. The van der Waals surface area contributed by atoms with Gasteiger partial charge in [-0.2, -0.15) is 0 Å². The molecule has 1 N–H and O–H groups in total. The summed E-state index contributed by atoms with van der Waals surface area (Å²) < 4.78 is 0.948. The first-order valence-electron chi connectivity index (χ1n) is 6.51. The van der Waals surface area contributed by atoms with Gasteiger partial charge in [0, 0.05) is 16.5 Å². The minimum atomic E-state index is 0.643. The monoisotopic (exact) mass is 327 g/mol. The molecule has 3 nitrogen and oxygen atoms in total. The first-order chi connectivity index (χ1) is 9.54. The van der Waals surface area contributed by atoms with Crippen molar-refractivity contribution in [2.75, 3.05) is 6.54 Å². The molecule has 0 aliphatic rings. The van der Waals surface area contributed by atoms with Crippen molar-refractivity contribution in [3.8, 4) is 0 Å². The van der Waals surface area contributed by atoms with Crippen molar-refractivity contribution in [2.24, 2.45) is 5.92 Å². The smallest absolute Gasteiger partial charge is 0.179 e. The molecule has 1 aromatic heterocycles. The van der Waals surface area contributed by atoms with Crippen LogP contribution in [0.1, 0.15) is 24.4 Å². The van der Waals surface area contributed by atoms with Crippen molar-refractivity contribution in [3.05, 3.63) is 33.8 Å². The lowest BCUT2D eigenvalue weighted by molar-refractivity contribution is 0.552. The molecule has 0 aliphatic heterocycles. The summed E-state index contributed by atoms with van der Waals surface area (Å²) >= 11 is 9.53. The minimum Gasteiger partial charge on any atom is -0.312 e. The van der Waals surface area contributed by atoms with E-state index in [1.165, 1.54) is 0 Å². The molecule has 2 rings (SSSR count). The Hall–Kier alpha value is -0.620. The second kappa shape index (κ2) is 7.41. The van der Waals surface area contributed by atoms with Crippen LogP contribution >= 0.6 is 34.7 Å². The van der Waals surface area contributed by atoms with E-state index in [1.54, 1.807) is 23.1 Å². The predicted molar refractivity (Wildman–Crippen MR) is 86.8 cm³/mol. The van der Waals surface area contributed by atoms with Crippen LogP contribution in [-0.4, -0.2) is 16.7 Å². The number of halogens is 1. The molecule has 20 heavy (non-hydrogen) atoms. The summed E-state index contributed by atoms with van der Waals surface area (Å²) in [4.78, 5) is 1.10. The van der Waals surface area contributed by atoms with Crippen LogP contribution in [0.2, 0.25) is 5.02 Å². The summed E-state index contributed by atoms with van der Waals surface area (Å²) in [6.07, 6.45) is 0. The molecule has 0 bridgehead atoms. The number of hydrogen-bond donors (Lipinski definition) is 1. The largest absolute Gasteiger partial charge is 0.312 e. The van der Waals surface area contributed by atoms with Crippen LogP contribution < -0.4 is 5.32 Å².